The quantitative estimate of drug-likeness (QED) is 0.764. The standard InChI is InChI=1S/C26H22ClN5/c27-20-8-6-19(7-9-20)24-23-15-32(12-10-18-4-2-1-3-5-18)13-11-21(23)22(14-28)25(31)26(24,16-29)17-30/h1-9,11,23-24H,10,12-13,15,31H2/t23-,24-/m0/s1. The Morgan fingerprint density at radius 2 is 1.72 bits per heavy atom. The summed E-state index contributed by atoms with van der Waals surface area (Å²) in [5.41, 5.74) is 7.96. The topological polar surface area (TPSA) is 101 Å². The van der Waals surface area contributed by atoms with Crippen LogP contribution < -0.4 is 5.73 Å². The first-order valence-corrected chi connectivity index (χ1v) is 10.9. The van der Waals surface area contributed by atoms with E-state index in [0.29, 0.717) is 18.1 Å². The molecule has 0 aromatic heterocycles. The maximum absolute atomic E-state index is 10.2. The highest BCUT2D eigenvalue weighted by Gasteiger charge is 2.54. The molecular weight excluding hydrogens is 418 g/mol. The van der Waals surface area contributed by atoms with Crippen molar-refractivity contribution in [1.82, 2.24) is 4.90 Å². The summed E-state index contributed by atoms with van der Waals surface area (Å²) >= 11 is 6.10. The Morgan fingerprint density at radius 1 is 1.03 bits per heavy atom. The smallest absolute Gasteiger partial charge is 0.191 e. The highest BCUT2D eigenvalue weighted by molar-refractivity contribution is 6.30. The zero-order valence-corrected chi connectivity index (χ0v) is 18.3. The third-order valence-corrected chi connectivity index (χ3v) is 6.78. The molecule has 0 spiro atoms. The molecule has 32 heavy (non-hydrogen) atoms. The lowest BCUT2D eigenvalue weighted by atomic mass is 9.58. The predicted octanol–water partition coefficient (Wildman–Crippen LogP) is 4.31. The highest BCUT2D eigenvalue weighted by atomic mass is 35.5. The second-order valence-electron chi connectivity index (χ2n) is 8.22. The van der Waals surface area contributed by atoms with Crippen LogP contribution in [0.4, 0.5) is 0 Å². The Kier molecular flexibility index (Phi) is 6.02. The number of benzene rings is 2. The molecule has 2 aromatic carbocycles. The van der Waals surface area contributed by atoms with Crippen molar-refractivity contribution in [2.75, 3.05) is 19.6 Å². The third-order valence-electron chi connectivity index (χ3n) is 6.53. The second-order valence-corrected chi connectivity index (χ2v) is 8.66. The van der Waals surface area contributed by atoms with Gasteiger partial charge in [0.2, 0.25) is 0 Å². The van der Waals surface area contributed by atoms with Gasteiger partial charge in [-0.2, -0.15) is 15.8 Å². The van der Waals surface area contributed by atoms with Gasteiger partial charge in [0.25, 0.3) is 0 Å². The van der Waals surface area contributed by atoms with Crippen LogP contribution in [0.5, 0.6) is 0 Å². The van der Waals surface area contributed by atoms with E-state index in [2.05, 4.69) is 35.2 Å². The van der Waals surface area contributed by atoms with Crippen LogP contribution >= 0.6 is 11.6 Å². The molecule has 4 rings (SSSR count). The van der Waals surface area contributed by atoms with E-state index in [4.69, 9.17) is 17.3 Å². The summed E-state index contributed by atoms with van der Waals surface area (Å²) in [7, 11) is 0. The molecule has 0 amide bonds. The molecule has 0 radical (unpaired) electrons. The maximum atomic E-state index is 10.2. The van der Waals surface area contributed by atoms with Crippen molar-refractivity contribution in [2.45, 2.75) is 12.3 Å². The van der Waals surface area contributed by atoms with Crippen molar-refractivity contribution in [3.8, 4) is 18.2 Å². The van der Waals surface area contributed by atoms with Gasteiger partial charge in [-0.3, -0.25) is 4.90 Å². The van der Waals surface area contributed by atoms with Crippen LogP contribution in [0.3, 0.4) is 0 Å². The number of rotatable bonds is 4. The lowest BCUT2D eigenvalue weighted by Gasteiger charge is -2.45. The molecule has 2 atom stereocenters. The lowest BCUT2D eigenvalue weighted by molar-refractivity contribution is 0.209. The zero-order chi connectivity index (χ0) is 22.7. The molecular formula is C26H22ClN5. The van der Waals surface area contributed by atoms with Crippen molar-refractivity contribution in [2.24, 2.45) is 17.1 Å². The Labute approximate surface area is 193 Å². The SMILES string of the molecule is N#CC1=C(N)C(C#N)(C#N)[C@@H](c2ccc(Cl)cc2)[C@H]2CN(CCc3ccccc3)CC=C12. The van der Waals surface area contributed by atoms with Crippen LogP contribution in [0.1, 0.15) is 17.0 Å². The van der Waals surface area contributed by atoms with E-state index >= 15 is 0 Å². The molecule has 0 fully saturated rings. The van der Waals surface area contributed by atoms with Gasteiger partial charge in [0, 0.05) is 36.5 Å². The highest BCUT2D eigenvalue weighted by Crippen LogP contribution is 2.54. The Balaban J connectivity index is 1.76. The third kappa shape index (κ3) is 3.65. The molecule has 158 valence electrons. The molecule has 1 aliphatic heterocycles. The Morgan fingerprint density at radius 3 is 2.34 bits per heavy atom. The van der Waals surface area contributed by atoms with E-state index < -0.39 is 11.3 Å². The van der Waals surface area contributed by atoms with Crippen molar-refractivity contribution in [1.29, 1.82) is 15.8 Å². The van der Waals surface area contributed by atoms with E-state index in [0.717, 1.165) is 24.1 Å². The van der Waals surface area contributed by atoms with Gasteiger partial charge in [0.1, 0.15) is 6.07 Å². The van der Waals surface area contributed by atoms with Gasteiger partial charge in [-0.05, 0) is 35.3 Å². The number of halogens is 1. The van der Waals surface area contributed by atoms with Gasteiger partial charge in [0.05, 0.1) is 23.4 Å². The zero-order valence-electron chi connectivity index (χ0n) is 17.5. The van der Waals surface area contributed by atoms with Gasteiger partial charge in [0.15, 0.2) is 5.41 Å². The first-order chi connectivity index (χ1) is 15.5. The molecule has 1 heterocycles. The lowest BCUT2D eigenvalue weighted by Crippen LogP contribution is -2.48. The van der Waals surface area contributed by atoms with E-state index in [9.17, 15) is 15.8 Å². The Hall–Kier alpha value is -3.56. The molecule has 2 aliphatic rings. The van der Waals surface area contributed by atoms with Gasteiger partial charge in [-0.25, -0.2) is 0 Å². The number of fused-ring (bicyclic) bond motifs is 1. The summed E-state index contributed by atoms with van der Waals surface area (Å²) in [5, 5.41) is 30.8. The summed E-state index contributed by atoms with van der Waals surface area (Å²) in [4.78, 5) is 2.31. The van der Waals surface area contributed by atoms with Crippen molar-refractivity contribution in [3.05, 3.63) is 93.7 Å². The first-order valence-electron chi connectivity index (χ1n) is 10.5. The summed E-state index contributed by atoms with van der Waals surface area (Å²) < 4.78 is 0. The number of allylic oxidation sites excluding steroid dienone is 2. The van der Waals surface area contributed by atoms with Gasteiger partial charge in [-0.15, -0.1) is 0 Å². The molecule has 0 saturated heterocycles. The summed E-state index contributed by atoms with van der Waals surface area (Å²) in [6.45, 7) is 2.16. The van der Waals surface area contributed by atoms with Crippen LogP contribution in [-0.4, -0.2) is 24.5 Å². The van der Waals surface area contributed by atoms with E-state index in [1.807, 2.05) is 36.4 Å². The number of nitrogens with two attached hydrogens (primary N) is 1. The van der Waals surface area contributed by atoms with Gasteiger partial charge < -0.3 is 5.73 Å². The molecule has 0 unspecified atom stereocenters. The van der Waals surface area contributed by atoms with E-state index in [1.165, 1.54) is 5.56 Å². The Bertz CT molecular complexity index is 1180. The molecule has 1 aliphatic carbocycles. The van der Waals surface area contributed by atoms with Gasteiger partial charge >= 0.3 is 0 Å². The normalized spacial score (nSPS) is 22.1. The van der Waals surface area contributed by atoms with Crippen LogP contribution in [0.25, 0.3) is 0 Å². The van der Waals surface area contributed by atoms with E-state index in [-0.39, 0.29) is 17.2 Å². The second kappa shape index (κ2) is 8.89. The van der Waals surface area contributed by atoms with Gasteiger partial charge in [-0.1, -0.05) is 60.1 Å². The fraction of sp³-hybridized carbons (Fsp3) is 0.269. The average Bonchev–Trinajstić information content (AvgIpc) is 2.83. The summed E-state index contributed by atoms with van der Waals surface area (Å²) in [5.74, 6) is -0.709. The largest absolute Gasteiger partial charge is 0.399 e. The first kappa shape index (κ1) is 21.7. The average molecular weight is 440 g/mol. The van der Waals surface area contributed by atoms with Crippen LogP contribution in [-0.2, 0) is 6.42 Å². The number of nitrogens with zero attached hydrogens (tertiary/aromatic N) is 4. The maximum Gasteiger partial charge on any atom is 0.191 e. The molecule has 0 bridgehead atoms. The van der Waals surface area contributed by atoms with Crippen molar-refractivity contribution >= 4 is 11.6 Å². The monoisotopic (exact) mass is 439 g/mol. The van der Waals surface area contributed by atoms with Crippen LogP contribution in [0, 0.1) is 45.3 Å². The number of hydrogen-bond donors (Lipinski definition) is 1. The van der Waals surface area contributed by atoms with Crippen molar-refractivity contribution < 1.29 is 0 Å². The molecule has 0 saturated carbocycles. The van der Waals surface area contributed by atoms with Crippen LogP contribution in [0.2, 0.25) is 5.02 Å². The fourth-order valence-electron chi connectivity index (χ4n) is 4.90. The fourth-order valence-corrected chi connectivity index (χ4v) is 5.03. The minimum atomic E-state index is -1.62. The minimum absolute atomic E-state index is 0.0465. The number of nitriles is 3. The summed E-state index contributed by atoms with van der Waals surface area (Å²) in [6, 6.07) is 24.0. The molecule has 5 nitrogen and oxygen atoms in total. The number of hydrogen-bond acceptors (Lipinski definition) is 5. The minimum Gasteiger partial charge on any atom is -0.399 e. The predicted molar refractivity (Wildman–Crippen MR) is 123 cm³/mol. The van der Waals surface area contributed by atoms with Crippen LogP contribution in [0.15, 0.2) is 77.5 Å². The molecule has 2 aromatic rings. The summed E-state index contributed by atoms with van der Waals surface area (Å²) in [6.07, 6.45) is 2.93. The molecule has 2 N–H and O–H groups in total. The van der Waals surface area contributed by atoms with E-state index in [1.54, 1.807) is 12.1 Å². The van der Waals surface area contributed by atoms with Crippen molar-refractivity contribution in [3.63, 3.8) is 0 Å². The molecule has 6 heteroatoms.